The van der Waals surface area contributed by atoms with Gasteiger partial charge in [-0.2, -0.15) is 0 Å². The molecule has 2 heteroatoms. The molecule has 0 spiro atoms. The largest absolute Gasteiger partial charge is 0.299 e. The van der Waals surface area contributed by atoms with Crippen molar-refractivity contribution in [3.63, 3.8) is 0 Å². The fourth-order valence-corrected chi connectivity index (χ4v) is 2.12. The van der Waals surface area contributed by atoms with E-state index < -0.39 is 0 Å². The molecule has 0 saturated carbocycles. The molecule has 0 N–H and O–H groups in total. The molecule has 1 nitrogen and oxygen atoms in total. The van der Waals surface area contributed by atoms with Crippen molar-refractivity contribution in [2.24, 2.45) is 0 Å². The first kappa shape index (κ1) is 13.4. The van der Waals surface area contributed by atoms with Gasteiger partial charge in [0.05, 0.1) is 0 Å². The monoisotopic (exact) mass is 225 g/mol. The van der Waals surface area contributed by atoms with Gasteiger partial charge in [-0.3, -0.25) is 4.90 Å². The number of hydrogen-bond donors (Lipinski definition) is 0. The van der Waals surface area contributed by atoms with E-state index in [1.165, 1.54) is 19.3 Å². The van der Waals surface area contributed by atoms with Gasteiger partial charge in [0.2, 0.25) is 0 Å². The Hall–Kier alpha value is -0.630. The second kappa shape index (κ2) is 6.85. The van der Waals surface area contributed by atoms with Gasteiger partial charge in [0.15, 0.2) is 0 Å². The van der Waals surface area contributed by atoms with Gasteiger partial charge in [0, 0.05) is 12.1 Å². The van der Waals surface area contributed by atoms with E-state index in [9.17, 15) is 4.39 Å². The summed E-state index contributed by atoms with van der Waals surface area (Å²) >= 11 is 0. The van der Waals surface area contributed by atoms with Crippen LogP contribution >= 0.6 is 0 Å². The summed E-state index contributed by atoms with van der Waals surface area (Å²) in [6.45, 7) is 9.00. The average molecular weight is 225 g/mol. The SMILES string of the molecule is CCC=C(F)C(CN1CCCCC1)=C(C)C. The third-order valence-corrected chi connectivity index (χ3v) is 3.11. The molecule has 0 radical (unpaired) electrons. The number of allylic oxidation sites excluding steroid dienone is 2. The summed E-state index contributed by atoms with van der Waals surface area (Å²) in [5.41, 5.74) is 2.00. The molecule has 0 bridgehead atoms. The second-order valence-corrected chi connectivity index (χ2v) is 4.78. The maximum absolute atomic E-state index is 13.9. The Morgan fingerprint density at radius 2 is 1.81 bits per heavy atom. The molecule has 92 valence electrons. The van der Waals surface area contributed by atoms with E-state index in [1.807, 2.05) is 20.8 Å². The molecule has 0 aromatic carbocycles. The quantitative estimate of drug-likeness (QED) is 0.652. The number of hydrogen-bond acceptors (Lipinski definition) is 1. The highest BCUT2D eigenvalue weighted by Gasteiger charge is 2.14. The number of rotatable bonds is 4. The summed E-state index contributed by atoms with van der Waals surface area (Å²) in [5.74, 6) is -0.0203. The van der Waals surface area contributed by atoms with Gasteiger partial charge >= 0.3 is 0 Å². The molecule has 1 aliphatic rings. The van der Waals surface area contributed by atoms with Crippen molar-refractivity contribution in [3.05, 3.63) is 23.0 Å². The molecule has 1 rings (SSSR count). The van der Waals surface area contributed by atoms with Crippen LogP contribution in [0.2, 0.25) is 0 Å². The molecule has 0 aromatic heterocycles. The lowest BCUT2D eigenvalue weighted by Gasteiger charge is -2.27. The first-order valence-electron chi connectivity index (χ1n) is 6.40. The van der Waals surface area contributed by atoms with Crippen molar-refractivity contribution in [2.75, 3.05) is 19.6 Å². The molecule has 1 aliphatic heterocycles. The van der Waals surface area contributed by atoms with Crippen molar-refractivity contribution in [3.8, 4) is 0 Å². The van der Waals surface area contributed by atoms with E-state index in [0.29, 0.717) is 0 Å². The summed E-state index contributed by atoms with van der Waals surface area (Å²) in [5, 5.41) is 0. The lowest BCUT2D eigenvalue weighted by atomic mass is 10.1. The van der Waals surface area contributed by atoms with E-state index in [4.69, 9.17) is 0 Å². The Morgan fingerprint density at radius 3 is 2.31 bits per heavy atom. The fraction of sp³-hybridized carbons (Fsp3) is 0.714. The van der Waals surface area contributed by atoms with Crippen LogP contribution in [-0.2, 0) is 0 Å². The van der Waals surface area contributed by atoms with Crippen LogP contribution in [0, 0.1) is 0 Å². The van der Waals surface area contributed by atoms with Crippen LogP contribution in [0.4, 0.5) is 4.39 Å². The maximum atomic E-state index is 13.9. The standard InChI is InChI=1S/C14H24FN/c1-4-8-14(15)13(12(2)3)11-16-9-6-5-7-10-16/h8H,4-7,9-11H2,1-3H3. The minimum atomic E-state index is -0.0203. The summed E-state index contributed by atoms with van der Waals surface area (Å²) in [6.07, 6.45) is 6.30. The highest BCUT2D eigenvalue weighted by atomic mass is 19.1. The van der Waals surface area contributed by atoms with Gasteiger partial charge in [-0.05, 0) is 52.3 Å². The zero-order valence-corrected chi connectivity index (χ0v) is 10.9. The van der Waals surface area contributed by atoms with Gasteiger partial charge in [0.25, 0.3) is 0 Å². The van der Waals surface area contributed by atoms with Crippen LogP contribution in [0.3, 0.4) is 0 Å². The zero-order valence-electron chi connectivity index (χ0n) is 10.9. The lowest BCUT2D eigenvalue weighted by molar-refractivity contribution is 0.245. The van der Waals surface area contributed by atoms with Gasteiger partial charge in [-0.1, -0.05) is 18.9 Å². The summed E-state index contributed by atoms with van der Waals surface area (Å²) in [4.78, 5) is 2.37. The predicted molar refractivity (Wildman–Crippen MR) is 68.1 cm³/mol. The Labute approximate surface area is 99.0 Å². The van der Waals surface area contributed by atoms with Gasteiger partial charge in [-0.15, -0.1) is 0 Å². The van der Waals surface area contributed by atoms with Crippen LogP contribution in [0.25, 0.3) is 0 Å². The van der Waals surface area contributed by atoms with Crippen molar-refractivity contribution < 1.29 is 4.39 Å². The third-order valence-electron chi connectivity index (χ3n) is 3.11. The summed E-state index contributed by atoms with van der Waals surface area (Å²) < 4.78 is 13.9. The molecular weight excluding hydrogens is 201 g/mol. The van der Waals surface area contributed by atoms with Crippen LogP contribution in [0.1, 0.15) is 46.5 Å². The van der Waals surface area contributed by atoms with Crippen LogP contribution in [0.5, 0.6) is 0 Å². The van der Waals surface area contributed by atoms with Gasteiger partial charge in [-0.25, -0.2) is 4.39 Å². The maximum Gasteiger partial charge on any atom is 0.123 e. The second-order valence-electron chi connectivity index (χ2n) is 4.78. The van der Waals surface area contributed by atoms with E-state index in [0.717, 1.165) is 37.2 Å². The van der Waals surface area contributed by atoms with Gasteiger partial charge < -0.3 is 0 Å². The number of piperidine rings is 1. The molecule has 1 heterocycles. The Kier molecular flexibility index (Phi) is 5.75. The highest BCUT2D eigenvalue weighted by molar-refractivity contribution is 5.30. The predicted octanol–water partition coefficient (Wildman–Crippen LogP) is 4.07. The molecule has 0 unspecified atom stereocenters. The molecule has 1 saturated heterocycles. The third kappa shape index (κ3) is 4.09. The van der Waals surface area contributed by atoms with Crippen molar-refractivity contribution >= 4 is 0 Å². The number of halogens is 1. The average Bonchev–Trinajstić information content (AvgIpc) is 2.27. The minimum absolute atomic E-state index is 0.0203. The smallest absolute Gasteiger partial charge is 0.123 e. The molecule has 0 aliphatic carbocycles. The van der Waals surface area contributed by atoms with Crippen LogP contribution in [0.15, 0.2) is 23.0 Å². The summed E-state index contributed by atoms with van der Waals surface area (Å²) in [6, 6.07) is 0. The number of nitrogens with zero attached hydrogens (tertiary/aromatic N) is 1. The van der Waals surface area contributed by atoms with E-state index in [-0.39, 0.29) is 5.83 Å². The van der Waals surface area contributed by atoms with Crippen LogP contribution in [-0.4, -0.2) is 24.5 Å². The lowest BCUT2D eigenvalue weighted by Crippen LogP contribution is -2.31. The molecule has 1 fully saturated rings. The van der Waals surface area contributed by atoms with E-state index in [1.54, 1.807) is 6.08 Å². The van der Waals surface area contributed by atoms with Crippen molar-refractivity contribution in [2.45, 2.75) is 46.5 Å². The molecule has 16 heavy (non-hydrogen) atoms. The normalized spacial score (nSPS) is 18.6. The van der Waals surface area contributed by atoms with Crippen molar-refractivity contribution in [1.29, 1.82) is 0 Å². The van der Waals surface area contributed by atoms with E-state index in [2.05, 4.69) is 4.90 Å². The molecule has 0 amide bonds. The van der Waals surface area contributed by atoms with Crippen molar-refractivity contribution in [1.82, 2.24) is 4.90 Å². The first-order chi connectivity index (χ1) is 7.65. The van der Waals surface area contributed by atoms with Crippen LogP contribution < -0.4 is 0 Å². The Bertz CT molecular complexity index is 268. The highest BCUT2D eigenvalue weighted by Crippen LogP contribution is 2.20. The first-order valence-corrected chi connectivity index (χ1v) is 6.40. The fourth-order valence-electron chi connectivity index (χ4n) is 2.12. The topological polar surface area (TPSA) is 3.24 Å². The number of likely N-dealkylation sites (tertiary alicyclic amines) is 1. The van der Waals surface area contributed by atoms with E-state index >= 15 is 0 Å². The van der Waals surface area contributed by atoms with Gasteiger partial charge in [0.1, 0.15) is 5.83 Å². The Balaban J connectivity index is 2.65. The Morgan fingerprint density at radius 1 is 1.19 bits per heavy atom. The molecular formula is C14H24FN. The molecule has 0 aromatic rings. The molecule has 0 atom stereocenters. The minimum Gasteiger partial charge on any atom is -0.299 e. The zero-order chi connectivity index (χ0) is 12.0. The summed E-state index contributed by atoms with van der Waals surface area (Å²) in [7, 11) is 0.